The number of hydrogen-bond acceptors (Lipinski definition) is 4. The van der Waals surface area contributed by atoms with Gasteiger partial charge in [-0.25, -0.2) is 5.10 Å². The minimum absolute atomic E-state index is 0.205. The molecule has 2 rings (SSSR count). The largest absolute Gasteiger partial charge is 0.496 e. The van der Waals surface area contributed by atoms with Crippen LogP contribution in [0.4, 0.5) is 0 Å². The molecule has 0 atom stereocenters. The summed E-state index contributed by atoms with van der Waals surface area (Å²) in [4.78, 5) is 12.0. The van der Waals surface area contributed by atoms with E-state index in [1.165, 1.54) is 6.07 Å². The number of nitrogens with zero attached hydrogens (tertiary/aromatic N) is 1. The van der Waals surface area contributed by atoms with Crippen molar-refractivity contribution in [2.75, 3.05) is 13.4 Å². The van der Waals surface area contributed by atoms with Crippen molar-refractivity contribution in [1.29, 1.82) is 0 Å². The third-order valence-corrected chi connectivity index (χ3v) is 3.41. The first kappa shape index (κ1) is 13.4. The van der Waals surface area contributed by atoms with E-state index in [-0.39, 0.29) is 5.56 Å². The summed E-state index contributed by atoms with van der Waals surface area (Å²) in [7, 11) is 1.66. The van der Waals surface area contributed by atoms with Gasteiger partial charge in [0.15, 0.2) is 0 Å². The molecular weight excluding hydrogens is 260 g/mol. The highest BCUT2D eigenvalue weighted by atomic mass is 32.2. The van der Waals surface area contributed by atoms with E-state index in [1.54, 1.807) is 24.9 Å². The summed E-state index contributed by atoms with van der Waals surface area (Å²) in [6.07, 6.45) is 5.81. The molecule has 0 saturated heterocycles. The lowest BCUT2D eigenvalue weighted by molar-refractivity contribution is 0.404. The van der Waals surface area contributed by atoms with Gasteiger partial charge in [-0.2, -0.15) is 5.10 Å². The topological polar surface area (TPSA) is 55.0 Å². The van der Waals surface area contributed by atoms with Crippen LogP contribution in [0.25, 0.3) is 12.2 Å². The summed E-state index contributed by atoms with van der Waals surface area (Å²) >= 11 is 1.63. The first-order valence-electron chi connectivity index (χ1n) is 5.69. The lowest BCUT2D eigenvalue weighted by atomic mass is 10.2. The van der Waals surface area contributed by atoms with Crippen LogP contribution in [-0.2, 0) is 0 Å². The molecule has 0 aliphatic carbocycles. The summed E-state index contributed by atoms with van der Waals surface area (Å²) in [6, 6.07) is 9.01. The highest BCUT2D eigenvalue weighted by Gasteiger charge is 2.05. The molecule has 0 aliphatic rings. The lowest BCUT2D eigenvalue weighted by Gasteiger charge is -2.08. The van der Waals surface area contributed by atoms with E-state index in [1.807, 2.05) is 36.6 Å². The van der Waals surface area contributed by atoms with Crippen LogP contribution in [-0.4, -0.2) is 23.6 Å². The van der Waals surface area contributed by atoms with Crippen molar-refractivity contribution in [3.63, 3.8) is 0 Å². The van der Waals surface area contributed by atoms with Gasteiger partial charge in [-0.3, -0.25) is 4.79 Å². The second-order valence-corrected chi connectivity index (χ2v) is 4.58. The minimum atomic E-state index is -0.205. The van der Waals surface area contributed by atoms with Gasteiger partial charge in [0.1, 0.15) is 5.75 Å². The molecule has 1 N–H and O–H groups in total. The van der Waals surface area contributed by atoms with Crippen molar-refractivity contribution >= 4 is 23.9 Å². The van der Waals surface area contributed by atoms with E-state index in [0.717, 1.165) is 16.2 Å². The van der Waals surface area contributed by atoms with Crippen molar-refractivity contribution in [2.24, 2.45) is 0 Å². The molecule has 0 amide bonds. The summed E-state index contributed by atoms with van der Waals surface area (Å²) in [5.74, 6) is 0.851. The van der Waals surface area contributed by atoms with E-state index in [2.05, 4.69) is 10.2 Å². The number of nitrogens with one attached hydrogen (secondary N) is 1. The number of methoxy groups -OCH3 is 1. The van der Waals surface area contributed by atoms with Gasteiger partial charge in [-0.1, -0.05) is 18.2 Å². The second-order valence-electron chi connectivity index (χ2n) is 3.76. The number of hydrogen-bond donors (Lipinski definition) is 1. The van der Waals surface area contributed by atoms with Crippen LogP contribution in [0.5, 0.6) is 5.75 Å². The highest BCUT2D eigenvalue weighted by molar-refractivity contribution is 7.98. The predicted octanol–water partition coefficient (Wildman–Crippen LogP) is 2.67. The molecule has 0 spiro atoms. The molecule has 1 heterocycles. The van der Waals surface area contributed by atoms with Crippen LogP contribution >= 0.6 is 11.8 Å². The Balaban J connectivity index is 2.32. The quantitative estimate of drug-likeness (QED) is 0.871. The summed E-state index contributed by atoms with van der Waals surface area (Å²) in [6.45, 7) is 0. The van der Waals surface area contributed by atoms with Crippen LogP contribution in [0.1, 0.15) is 11.3 Å². The van der Waals surface area contributed by atoms with Gasteiger partial charge in [0.2, 0.25) is 0 Å². The summed E-state index contributed by atoms with van der Waals surface area (Å²) < 4.78 is 5.33. The van der Waals surface area contributed by atoms with Gasteiger partial charge in [-0.15, -0.1) is 11.8 Å². The second kappa shape index (κ2) is 6.24. The standard InChI is InChI=1S/C14H14N2O2S/c1-18-12-5-3-4-10(14(12)19-2)6-7-11-8-9-13(17)16-15-11/h3-9H,1-2H3,(H,16,17)/b7-6+. The molecule has 0 unspecified atom stereocenters. The molecule has 98 valence electrons. The molecular formula is C14H14N2O2S. The lowest BCUT2D eigenvalue weighted by Crippen LogP contribution is -2.05. The van der Waals surface area contributed by atoms with Crippen LogP contribution in [0.2, 0.25) is 0 Å². The number of H-pyrrole nitrogens is 1. The Morgan fingerprint density at radius 3 is 2.74 bits per heavy atom. The van der Waals surface area contributed by atoms with Crippen molar-refractivity contribution in [3.05, 3.63) is 51.9 Å². The van der Waals surface area contributed by atoms with Crippen molar-refractivity contribution in [2.45, 2.75) is 4.90 Å². The van der Waals surface area contributed by atoms with Crippen molar-refractivity contribution < 1.29 is 4.74 Å². The molecule has 1 aromatic carbocycles. The average Bonchev–Trinajstić information content (AvgIpc) is 2.46. The zero-order valence-electron chi connectivity index (χ0n) is 10.7. The molecule has 0 fully saturated rings. The molecule has 19 heavy (non-hydrogen) atoms. The maximum absolute atomic E-state index is 10.9. The minimum Gasteiger partial charge on any atom is -0.496 e. The normalized spacial score (nSPS) is 10.8. The zero-order chi connectivity index (χ0) is 13.7. The number of aromatic nitrogens is 2. The molecule has 0 saturated carbocycles. The Bertz CT molecular complexity index is 630. The molecule has 0 radical (unpaired) electrons. The molecule has 2 aromatic rings. The fourth-order valence-electron chi connectivity index (χ4n) is 1.67. The van der Waals surface area contributed by atoms with Crippen LogP contribution < -0.4 is 10.3 Å². The Hall–Kier alpha value is -2.01. The van der Waals surface area contributed by atoms with Crippen molar-refractivity contribution in [3.8, 4) is 5.75 Å². The SMILES string of the molecule is COc1cccc(/C=C/c2ccc(=O)[nH]n2)c1SC. The first-order valence-corrected chi connectivity index (χ1v) is 6.92. The van der Waals surface area contributed by atoms with Crippen LogP contribution in [0.3, 0.4) is 0 Å². The summed E-state index contributed by atoms with van der Waals surface area (Å²) in [5.41, 5.74) is 1.55. The van der Waals surface area contributed by atoms with Crippen LogP contribution in [0, 0.1) is 0 Å². The Morgan fingerprint density at radius 1 is 1.26 bits per heavy atom. The van der Waals surface area contributed by atoms with E-state index < -0.39 is 0 Å². The Kier molecular flexibility index (Phi) is 4.41. The predicted molar refractivity (Wildman–Crippen MR) is 78.6 cm³/mol. The molecule has 0 aliphatic heterocycles. The molecule has 0 bridgehead atoms. The zero-order valence-corrected chi connectivity index (χ0v) is 11.5. The first-order chi connectivity index (χ1) is 9.24. The van der Waals surface area contributed by atoms with Crippen molar-refractivity contribution in [1.82, 2.24) is 10.2 Å². The monoisotopic (exact) mass is 274 g/mol. The number of aromatic amines is 1. The number of thioether (sulfide) groups is 1. The van der Waals surface area contributed by atoms with Gasteiger partial charge >= 0.3 is 0 Å². The molecule has 1 aromatic heterocycles. The Labute approximate surface area is 115 Å². The number of ether oxygens (including phenoxy) is 1. The molecule has 4 nitrogen and oxygen atoms in total. The van der Waals surface area contributed by atoms with E-state index in [9.17, 15) is 4.79 Å². The summed E-state index contributed by atoms with van der Waals surface area (Å²) in [5, 5.41) is 6.33. The van der Waals surface area contributed by atoms with Gasteiger partial charge in [0, 0.05) is 6.07 Å². The maximum atomic E-state index is 10.9. The van der Waals surface area contributed by atoms with E-state index in [4.69, 9.17) is 4.74 Å². The fraction of sp³-hybridized carbons (Fsp3) is 0.143. The third-order valence-electron chi connectivity index (χ3n) is 2.57. The average molecular weight is 274 g/mol. The van der Waals surface area contributed by atoms with E-state index >= 15 is 0 Å². The number of benzene rings is 1. The van der Waals surface area contributed by atoms with Gasteiger partial charge in [-0.05, 0) is 30.0 Å². The van der Waals surface area contributed by atoms with E-state index in [0.29, 0.717) is 5.69 Å². The number of rotatable bonds is 4. The van der Waals surface area contributed by atoms with Gasteiger partial charge < -0.3 is 4.74 Å². The maximum Gasteiger partial charge on any atom is 0.264 e. The third kappa shape index (κ3) is 3.26. The smallest absolute Gasteiger partial charge is 0.264 e. The van der Waals surface area contributed by atoms with Crippen LogP contribution in [0.15, 0.2) is 40.0 Å². The molecule has 5 heteroatoms. The highest BCUT2D eigenvalue weighted by Crippen LogP contribution is 2.31. The van der Waals surface area contributed by atoms with Gasteiger partial charge in [0.25, 0.3) is 5.56 Å². The fourth-order valence-corrected chi connectivity index (χ4v) is 2.39. The van der Waals surface area contributed by atoms with Gasteiger partial charge in [0.05, 0.1) is 17.7 Å². The Morgan fingerprint density at radius 2 is 2.11 bits per heavy atom.